The van der Waals surface area contributed by atoms with Crippen LogP contribution in [0.15, 0.2) is 24.3 Å². The van der Waals surface area contributed by atoms with E-state index in [0.29, 0.717) is 6.04 Å². The molecular weight excluding hydrogens is 259 g/mol. The van der Waals surface area contributed by atoms with Crippen LogP contribution in [0.2, 0.25) is 0 Å². The Kier molecular flexibility index (Phi) is 7.55. The Morgan fingerprint density at radius 3 is 2.76 bits per heavy atom. The van der Waals surface area contributed by atoms with Gasteiger partial charge in [0.2, 0.25) is 0 Å². The fourth-order valence-electron chi connectivity index (χ4n) is 2.04. The lowest BCUT2D eigenvalue weighted by molar-refractivity contribution is 0.326. The average Bonchev–Trinajstić information content (AvgIpc) is 2.64. The van der Waals surface area contributed by atoms with Gasteiger partial charge in [0.1, 0.15) is 5.75 Å². The number of hydrogen-bond acceptors (Lipinski definition) is 3. The predicted octanol–water partition coefficient (Wildman–Crippen LogP) is 2.07. The largest absolute Gasteiger partial charge is 0.497 e. The van der Waals surface area contributed by atoms with E-state index in [2.05, 4.69) is 17.0 Å². The molecule has 1 fully saturated rings. The number of hydrogen-bond donors (Lipinski definition) is 1. The maximum absolute atomic E-state index is 5.87. The summed E-state index contributed by atoms with van der Waals surface area (Å²) in [6, 6.07) is 8.58. The minimum absolute atomic E-state index is 0. The Balaban J connectivity index is 0.00000128. The normalized spacial score (nSPS) is 19.3. The van der Waals surface area contributed by atoms with E-state index in [1.54, 1.807) is 7.11 Å². The van der Waals surface area contributed by atoms with Crippen LogP contribution >= 0.6 is 24.8 Å². The average molecular weight is 279 g/mol. The van der Waals surface area contributed by atoms with Crippen molar-refractivity contribution in [2.75, 3.05) is 20.2 Å². The van der Waals surface area contributed by atoms with E-state index in [9.17, 15) is 0 Å². The highest BCUT2D eigenvalue weighted by Crippen LogP contribution is 2.16. The molecule has 1 aliphatic rings. The number of likely N-dealkylation sites (tertiary alicyclic amines) is 1. The van der Waals surface area contributed by atoms with Crippen molar-refractivity contribution >= 4 is 24.8 Å². The molecule has 0 bridgehead atoms. The zero-order valence-corrected chi connectivity index (χ0v) is 11.6. The standard InChI is InChI=1S/C12H18N2O.2ClH/c1-15-12-4-2-3-10(7-12)8-14-6-5-11(13)9-14;;/h2-4,7,11H,5-6,8-9,13H2,1H3;2*1H. The molecule has 98 valence electrons. The first kappa shape index (κ1) is 16.5. The van der Waals surface area contributed by atoms with Crippen molar-refractivity contribution in [2.45, 2.75) is 19.0 Å². The van der Waals surface area contributed by atoms with Crippen molar-refractivity contribution in [2.24, 2.45) is 5.73 Å². The summed E-state index contributed by atoms with van der Waals surface area (Å²) < 4.78 is 5.20. The molecule has 1 heterocycles. The molecule has 1 saturated heterocycles. The fraction of sp³-hybridized carbons (Fsp3) is 0.500. The molecule has 0 radical (unpaired) electrons. The number of nitrogens with two attached hydrogens (primary N) is 1. The molecule has 1 aromatic rings. The van der Waals surface area contributed by atoms with Crippen LogP contribution < -0.4 is 10.5 Å². The molecule has 1 aromatic carbocycles. The second kappa shape index (κ2) is 7.77. The number of nitrogens with zero attached hydrogens (tertiary/aromatic N) is 1. The van der Waals surface area contributed by atoms with Crippen molar-refractivity contribution in [1.29, 1.82) is 0 Å². The molecule has 1 atom stereocenters. The lowest BCUT2D eigenvalue weighted by Crippen LogP contribution is -2.26. The highest BCUT2D eigenvalue weighted by Gasteiger charge is 2.18. The zero-order chi connectivity index (χ0) is 10.7. The second-order valence-corrected chi connectivity index (χ2v) is 4.14. The molecule has 5 heteroatoms. The summed E-state index contributed by atoms with van der Waals surface area (Å²) in [6.07, 6.45) is 1.12. The van der Waals surface area contributed by atoms with Crippen LogP contribution in [0.5, 0.6) is 5.75 Å². The van der Waals surface area contributed by atoms with Crippen molar-refractivity contribution in [3.63, 3.8) is 0 Å². The Bertz CT molecular complexity index is 336. The Morgan fingerprint density at radius 2 is 2.18 bits per heavy atom. The van der Waals surface area contributed by atoms with Crippen LogP contribution in [0, 0.1) is 0 Å². The lowest BCUT2D eigenvalue weighted by atomic mass is 10.2. The highest BCUT2D eigenvalue weighted by molar-refractivity contribution is 5.85. The van der Waals surface area contributed by atoms with E-state index in [0.717, 1.165) is 31.8 Å². The third-order valence-corrected chi connectivity index (χ3v) is 2.85. The number of benzene rings is 1. The van der Waals surface area contributed by atoms with Gasteiger partial charge in [-0.3, -0.25) is 4.90 Å². The molecule has 3 nitrogen and oxygen atoms in total. The smallest absolute Gasteiger partial charge is 0.119 e. The van der Waals surface area contributed by atoms with E-state index < -0.39 is 0 Å². The van der Waals surface area contributed by atoms with Crippen molar-refractivity contribution < 1.29 is 4.74 Å². The van der Waals surface area contributed by atoms with Crippen LogP contribution in [0.3, 0.4) is 0 Å². The topological polar surface area (TPSA) is 38.5 Å². The van der Waals surface area contributed by atoms with Crippen LogP contribution in [-0.4, -0.2) is 31.1 Å². The van der Waals surface area contributed by atoms with E-state index >= 15 is 0 Å². The predicted molar refractivity (Wildman–Crippen MR) is 75.4 cm³/mol. The first-order chi connectivity index (χ1) is 7.28. The van der Waals surface area contributed by atoms with Gasteiger partial charge in [0.05, 0.1) is 7.11 Å². The molecule has 0 spiro atoms. The molecule has 0 aromatic heterocycles. The molecule has 2 N–H and O–H groups in total. The first-order valence-corrected chi connectivity index (χ1v) is 5.39. The number of methoxy groups -OCH3 is 1. The van der Waals surface area contributed by atoms with Crippen molar-refractivity contribution in [1.82, 2.24) is 4.90 Å². The number of rotatable bonds is 3. The lowest BCUT2D eigenvalue weighted by Gasteiger charge is -2.15. The Morgan fingerprint density at radius 1 is 1.41 bits per heavy atom. The van der Waals surface area contributed by atoms with Gasteiger partial charge in [-0.2, -0.15) is 0 Å². The summed E-state index contributed by atoms with van der Waals surface area (Å²) >= 11 is 0. The van der Waals surface area contributed by atoms with Crippen LogP contribution in [0.1, 0.15) is 12.0 Å². The molecule has 0 amide bonds. The summed E-state index contributed by atoms with van der Waals surface area (Å²) in [7, 11) is 1.70. The SMILES string of the molecule is COc1cccc(CN2CCC(N)C2)c1.Cl.Cl. The van der Waals surface area contributed by atoms with Gasteiger partial charge in [-0.15, -0.1) is 24.8 Å². The van der Waals surface area contributed by atoms with Gasteiger partial charge >= 0.3 is 0 Å². The minimum Gasteiger partial charge on any atom is -0.497 e. The molecule has 0 saturated carbocycles. The van der Waals surface area contributed by atoms with Gasteiger partial charge < -0.3 is 10.5 Å². The first-order valence-electron chi connectivity index (χ1n) is 5.39. The van der Waals surface area contributed by atoms with E-state index in [1.165, 1.54) is 5.56 Å². The summed E-state index contributed by atoms with van der Waals surface area (Å²) in [6.45, 7) is 3.10. The number of halogens is 2. The fourth-order valence-corrected chi connectivity index (χ4v) is 2.04. The summed E-state index contributed by atoms with van der Waals surface area (Å²) in [5.41, 5.74) is 7.16. The summed E-state index contributed by atoms with van der Waals surface area (Å²) in [5.74, 6) is 0.927. The highest BCUT2D eigenvalue weighted by atomic mass is 35.5. The summed E-state index contributed by atoms with van der Waals surface area (Å²) in [5, 5.41) is 0. The second-order valence-electron chi connectivity index (χ2n) is 4.14. The molecule has 17 heavy (non-hydrogen) atoms. The zero-order valence-electron chi connectivity index (χ0n) is 9.96. The quantitative estimate of drug-likeness (QED) is 0.920. The molecule has 1 unspecified atom stereocenters. The van der Waals surface area contributed by atoms with Gasteiger partial charge in [-0.25, -0.2) is 0 Å². The van der Waals surface area contributed by atoms with Crippen LogP contribution in [0.4, 0.5) is 0 Å². The van der Waals surface area contributed by atoms with Crippen LogP contribution in [0.25, 0.3) is 0 Å². The van der Waals surface area contributed by atoms with Crippen molar-refractivity contribution in [3.05, 3.63) is 29.8 Å². The van der Waals surface area contributed by atoms with Gasteiger partial charge in [-0.1, -0.05) is 12.1 Å². The van der Waals surface area contributed by atoms with Gasteiger partial charge in [-0.05, 0) is 24.1 Å². The van der Waals surface area contributed by atoms with Gasteiger partial charge in [0.15, 0.2) is 0 Å². The molecule has 0 aliphatic carbocycles. The number of ether oxygens (including phenoxy) is 1. The minimum atomic E-state index is 0. The maximum atomic E-state index is 5.87. The van der Waals surface area contributed by atoms with Crippen molar-refractivity contribution in [3.8, 4) is 5.75 Å². The van der Waals surface area contributed by atoms with Gasteiger partial charge in [0, 0.05) is 25.7 Å². The van der Waals surface area contributed by atoms with E-state index in [-0.39, 0.29) is 24.8 Å². The summed E-state index contributed by atoms with van der Waals surface area (Å²) in [4.78, 5) is 2.39. The van der Waals surface area contributed by atoms with Gasteiger partial charge in [0.25, 0.3) is 0 Å². The maximum Gasteiger partial charge on any atom is 0.119 e. The molecule has 2 rings (SSSR count). The monoisotopic (exact) mass is 278 g/mol. The third-order valence-electron chi connectivity index (χ3n) is 2.85. The molecular formula is C12H20Cl2N2O. The third kappa shape index (κ3) is 4.72. The van der Waals surface area contributed by atoms with E-state index in [4.69, 9.17) is 10.5 Å². The Labute approximate surface area is 115 Å². The van der Waals surface area contributed by atoms with Crippen LogP contribution in [-0.2, 0) is 6.54 Å². The van der Waals surface area contributed by atoms with E-state index in [1.807, 2.05) is 12.1 Å². The molecule has 1 aliphatic heterocycles. The Hall–Kier alpha value is -0.480.